The number of carbonyl (C=O) groups excluding carboxylic acids is 2. The summed E-state index contributed by atoms with van der Waals surface area (Å²) < 4.78 is 5.05. The molecular formula is C16H16N4O3S2. The maximum Gasteiger partial charge on any atom is 0.291 e. The molecule has 2 N–H and O–H groups in total. The zero-order valence-electron chi connectivity index (χ0n) is 13.7. The van der Waals surface area contributed by atoms with Gasteiger partial charge in [0.05, 0.1) is 16.1 Å². The van der Waals surface area contributed by atoms with E-state index in [1.807, 2.05) is 6.92 Å². The Hall–Kier alpha value is -2.52. The Morgan fingerprint density at radius 2 is 2.04 bits per heavy atom. The fourth-order valence-corrected chi connectivity index (χ4v) is 3.92. The molecule has 3 rings (SSSR count). The van der Waals surface area contributed by atoms with Gasteiger partial charge in [-0.1, -0.05) is 18.3 Å². The maximum absolute atomic E-state index is 12.4. The quantitative estimate of drug-likeness (QED) is 0.679. The molecule has 0 saturated carbocycles. The van der Waals surface area contributed by atoms with E-state index in [2.05, 4.69) is 27.8 Å². The Labute approximate surface area is 152 Å². The van der Waals surface area contributed by atoms with Crippen molar-refractivity contribution in [3.05, 3.63) is 45.7 Å². The first-order valence-electron chi connectivity index (χ1n) is 7.66. The van der Waals surface area contributed by atoms with Gasteiger partial charge in [0.1, 0.15) is 5.01 Å². The van der Waals surface area contributed by atoms with Crippen molar-refractivity contribution in [1.29, 1.82) is 0 Å². The molecule has 0 radical (unpaired) electrons. The minimum Gasteiger partial charge on any atom is -0.459 e. The molecule has 0 aliphatic rings. The molecule has 130 valence electrons. The van der Waals surface area contributed by atoms with E-state index in [1.165, 1.54) is 28.9 Å². The van der Waals surface area contributed by atoms with Crippen LogP contribution in [0.4, 0.5) is 10.1 Å². The summed E-state index contributed by atoms with van der Waals surface area (Å²) in [5.74, 6) is -0.402. The standard InChI is InChI=1S/C16H16N4O3S2/c1-3-5-11-19-20-16(25-11)18-15(22)13-9(2)8-12(24-13)17-14(21)10-6-4-7-23-10/h4,6-8H,3,5H2,1-2H3,(H,17,21)(H,18,20,22). The van der Waals surface area contributed by atoms with Gasteiger partial charge in [-0.25, -0.2) is 0 Å². The van der Waals surface area contributed by atoms with Crippen LogP contribution >= 0.6 is 22.7 Å². The average molecular weight is 376 g/mol. The first kappa shape index (κ1) is 17.3. The number of nitrogens with zero attached hydrogens (tertiary/aromatic N) is 2. The third-order valence-corrected chi connectivity index (χ3v) is 5.31. The second kappa shape index (κ2) is 7.58. The highest BCUT2D eigenvalue weighted by Gasteiger charge is 2.18. The number of aryl methyl sites for hydroxylation is 2. The first-order chi connectivity index (χ1) is 12.1. The van der Waals surface area contributed by atoms with E-state index in [0.29, 0.717) is 15.0 Å². The molecule has 0 spiro atoms. The highest BCUT2D eigenvalue weighted by atomic mass is 32.1. The molecule has 0 aromatic carbocycles. The van der Waals surface area contributed by atoms with Crippen molar-refractivity contribution < 1.29 is 14.0 Å². The molecule has 0 unspecified atom stereocenters. The largest absolute Gasteiger partial charge is 0.459 e. The molecule has 0 fully saturated rings. The summed E-state index contributed by atoms with van der Waals surface area (Å²) in [6.45, 7) is 3.88. The lowest BCUT2D eigenvalue weighted by Gasteiger charge is -1.99. The minimum atomic E-state index is -0.355. The van der Waals surface area contributed by atoms with Crippen LogP contribution in [0.1, 0.15) is 44.1 Å². The summed E-state index contributed by atoms with van der Waals surface area (Å²) in [6.07, 6.45) is 3.25. The van der Waals surface area contributed by atoms with Crippen LogP contribution in [0.5, 0.6) is 0 Å². The summed E-state index contributed by atoms with van der Waals surface area (Å²) in [4.78, 5) is 25.0. The number of hydrogen-bond donors (Lipinski definition) is 2. The molecule has 0 aliphatic heterocycles. The van der Waals surface area contributed by atoms with Gasteiger partial charge in [-0.2, -0.15) is 0 Å². The van der Waals surface area contributed by atoms with Crippen LogP contribution in [0.3, 0.4) is 0 Å². The zero-order chi connectivity index (χ0) is 17.8. The SMILES string of the molecule is CCCc1nnc(NC(=O)c2sc(NC(=O)c3ccco3)cc2C)s1. The van der Waals surface area contributed by atoms with Crippen LogP contribution in [-0.2, 0) is 6.42 Å². The minimum absolute atomic E-state index is 0.217. The highest BCUT2D eigenvalue weighted by molar-refractivity contribution is 7.18. The van der Waals surface area contributed by atoms with Gasteiger partial charge in [-0.05, 0) is 37.1 Å². The van der Waals surface area contributed by atoms with Gasteiger partial charge < -0.3 is 9.73 Å². The molecule has 0 bridgehead atoms. The predicted molar refractivity (Wildman–Crippen MR) is 97.6 cm³/mol. The van der Waals surface area contributed by atoms with E-state index < -0.39 is 0 Å². The molecule has 3 heterocycles. The number of anilines is 2. The van der Waals surface area contributed by atoms with E-state index in [0.717, 1.165) is 23.4 Å². The molecule has 0 atom stereocenters. The first-order valence-corrected chi connectivity index (χ1v) is 9.29. The molecule has 3 aromatic rings. The number of furan rings is 1. The van der Waals surface area contributed by atoms with Crippen LogP contribution in [0.2, 0.25) is 0 Å². The number of amides is 2. The number of carbonyl (C=O) groups is 2. The van der Waals surface area contributed by atoms with E-state index in [9.17, 15) is 9.59 Å². The molecule has 25 heavy (non-hydrogen) atoms. The summed E-state index contributed by atoms with van der Waals surface area (Å²) in [5, 5.41) is 15.4. The lowest BCUT2D eigenvalue weighted by Crippen LogP contribution is -2.11. The normalized spacial score (nSPS) is 10.6. The van der Waals surface area contributed by atoms with Crippen molar-refractivity contribution in [2.24, 2.45) is 0 Å². The summed E-state index contributed by atoms with van der Waals surface area (Å²) >= 11 is 2.57. The van der Waals surface area contributed by atoms with Crippen molar-refractivity contribution in [3.63, 3.8) is 0 Å². The lowest BCUT2D eigenvalue weighted by molar-refractivity contribution is 0.0995. The van der Waals surface area contributed by atoms with E-state index in [-0.39, 0.29) is 17.6 Å². The van der Waals surface area contributed by atoms with E-state index in [1.54, 1.807) is 18.2 Å². The maximum atomic E-state index is 12.4. The third kappa shape index (κ3) is 4.12. The topological polar surface area (TPSA) is 97.1 Å². The van der Waals surface area contributed by atoms with Crippen LogP contribution in [0.15, 0.2) is 28.9 Å². The van der Waals surface area contributed by atoms with Crippen LogP contribution in [0.25, 0.3) is 0 Å². The molecular weight excluding hydrogens is 360 g/mol. The van der Waals surface area contributed by atoms with Crippen LogP contribution in [-0.4, -0.2) is 22.0 Å². The van der Waals surface area contributed by atoms with E-state index >= 15 is 0 Å². The van der Waals surface area contributed by atoms with Crippen molar-refractivity contribution in [2.45, 2.75) is 26.7 Å². The fraction of sp³-hybridized carbons (Fsp3) is 0.250. The number of rotatable bonds is 6. The number of thiophene rings is 1. The summed E-state index contributed by atoms with van der Waals surface area (Å²) in [7, 11) is 0. The van der Waals surface area contributed by atoms with Gasteiger partial charge in [-0.15, -0.1) is 21.5 Å². The van der Waals surface area contributed by atoms with Gasteiger partial charge in [0.15, 0.2) is 5.76 Å². The molecule has 2 amide bonds. The smallest absolute Gasteiger partial charge is 0.291 e. The fourth-order valence-electron chi connectivity index (χ4n) is 2.12. The molecule has 9 heteroatoms. The molecule has 7 nitrogen and oxygen atoms in total. The van der Waals surface area contributed by atoms with Gasteiger partial charge in [0.25, 0.3) is 11.8 Å². The lowest BCUT2D eigenvalue weighted by atomic mass is 10.3. The van der Waals surface area contributed by atoms with Gasteiger partial charge in [-0.3, -0.25) is 14.9 Å². The molecule has 3 aromatic heterocycles. The number of nitrogens with one attached hydrogen (secondary N) is 2. The number of hydrogen-bond acceptors (Lipinski definition) is 7. The Kier molecular flexibility index (Phi) is 5.25. The van der Waals surface area contributed by atoms with Crippen molar-refractivity contribution in [2.75, 3.05) is 10.6 Å². The highest BCUT2D eigenvalue weighted by Crippen LogP contribution is 2.28. The van der Waals surface area contributed by atoms with Crippen molar-refractivity contribution in [1.82, 2.24) is 10.2 Å². The summed E-state index contributed by atoms with van der Waals surface area (Å²) in [6, 6.07) is 4.97. The predicted octanol–water partition coefficient (Wildman–Crippen LogP) is 3.96. The summed E-state index contributed by atoms with van der Waals surface area (Å²) in [5.41, 5.74) is 0.774. The molecule has 0 aliphatic carbocycles. The van der Waals surface area contributed by atoms with Gasteiger partial charge >= 0.3 is 0 Å². The average Bonchev–Trinajstić information content (AvgIpc) is 3.29. The van der Waals surface area contributed by atoms with Crippen molar-refractivity contribution in [3.8, 4) is 0 Å². The third-order valence-electron chi connectivity index (χ3n) is 3.26. The van der Waals surface area contributed by atoms with Crippen molar-refractivity contribution >= 4 is 44.6 Å². The Bertz CT molecular complexity index is 883. The molecule has 0 saturated heterocycles. The Morgan fingerprint density at radius 3 is 2.76 bits per heavy atom. The van der Waals surface area contributed by atoms with Crippen LogP contribution in [0, 0.1) is 6.92 Å². The van der Waals surface area contributed by atoms with Gasteiger partial charge in [0.2, 0.25) is 5.13 Å². The zero-order valence-corrected chi connectivity index (χ0v) is 15.3. The van der Waals surface area contributed by atoms with Gasteiger partial charge in [0, 0.05) is 6.42 Å². The van der Waals surface area contributed by atoms with E-state index in [4.69, 9.17) is 4.42 Å². The van der Waals surface area contributed by atoms with Crippen LogP contribution < -0.4 is 10.6 Å². The number of aromatic nitrogens is 2. The second-order valence-electron chi connectivity index (χ2n) is 5.26. The Morgan fingerprint density at radius 1 is 1.20 bits per heavy atom. The second-order valence-corrected chi connectivity index (χ2v) is 7.37. The monoisotopic (exact) mass is 376 g/mol. The Balaban J connectivity index is 1.68.